The third-order valence-electron chi connectivity index (χ3n) is 7.26. The Morgan fingerprint density at radius 1 is 1.31 bits per heavy atom. The van der Waals surface area contributed by atoms with Crippen LogP contribution in [0.5, 0.6) is 0 Å². The Balaban J connectivity index is 1.74. The van der Waals surface area contributed by atoms with E-state index in [1.54, 1.807) is 25.1 Å². The van der Waals surface area contributed by atoms with Gasteiger partial charge in [-0.3, -0.25) is 19.7 Å². The summed E-state index contributed by atoms with van der Waals surface area (Å²) in [6.45, 7) is 4.12. The molecule has 0 spiro atoms. The van der Waals surface area contributed by atoms with E-state index in [1.165, 1.54) is 17.6 Å². The van der Waals surface area contributed by atoms with Crippen molar-refractivity contribution in [2.45, 2.75) is 45.4 Å². The summed E-state index contributed by atoms with van der Waals surface area (Å²) < 4.78 is 12.4. The van der Waals surface area contributed by atoms with Crippen LogP contribution in [-0.4, -0.2) is 58.5 Å². The van der Waals surface area contributed by atoms with Gasteiger partial charge in [0.2, 0.25) is 5.60 Å². The summed E-state index contributed by atoms with van der Waals surface area (Å²) in [4.78, 5) is 57.0. The third-order valence-corrected chi connectivity index (χ3v) is 7.26. The van der Waals surface area contributed by atoms with Crippen molar-refractivity contribution in [1.29, 1.82) is 0 Å². The fourth-order valence-corrected chi connectivity index (χ4v) is 5.47. The number of nitrogens with zero attached hydrogens (tertiary/aromatic N) is 4. The number of non-ortho nitro benzene ring substituents is 1. The van der Waals surface area contributed by atoms with Gasteiger partial charge in [-0.1, -0.05) is 13.0 Å². The number of aromatic nitrogens is 2. The number of pyridine rings is 2. The normalized spacial score (nSPS) is 17.4. The van der Waals surface area contributed by atoms with Crippen molar-refractivity contribution in [3.8, 4) is 11.4 Å². The lowest BCUT2D eigenvalue weighted by molar-refractivity contribution is -0.383. The van der Waals surface area contributed by atoms with Crippen LogP contribution in [0.15, 0.2) is 29.1 Å². The minimum atomic E-state index is -1.75. The first-order valence-corrected chi connectivity index (χ1v) is 12.7. The predicted molar refractivity (Wildman–Crippen MR) is 142 cm³/mol. The van der Waals surface area contributed by atoms with Crippen LogP contribution in [-0.2, 0) is 37.8 Å². The zero-order valence-electron chi connectivity index (χ0n) is 22.2. The van der Waals surface area contributed by atoms with E-state index in [1.807, 2.05) is 19.0 Å². The quantitative estimate of drug-likeness (QED) is 0.155. The Morgan fingerprint density at radius 3 is 2.74 bits per heavy atom. The minimum Gasteiger partial charge on any atom is -0.457 e. The topological polar surface area (TPSA) is 146 Å². The lowest BCUT2D eigenvalue weighted by Crippen LogP contribution is -2.47. The zero-order chi connectivity index (χ0) is 28.1. The molecule has 1 atom stereocenters. The molecule has 12 heteroatoms. The minimum absolute atomic E-state index is 0.0736. The van der Waals surface area contributed by atoms with E-state index >= 15 is 0 Å². The molecule has 4 heterocycles. The Labute approximate surface area is 223 Å². The molecule has 1 aromatic carbocycles. The fourth-order valence-electron chi connectivity index (χ4n) is 5.47. The number of anilines is 1. The highest BCUT2D eigenvalue weighted by molar-refractivity contribution is 6.03. The molecule has 2 aromatic heterocycles. The monoisotopic (exact) mass is 535 g/mol. The number of hydrogen-bond donors (Lipinski definition) is 1. The van der Waals surface area contributed by atoms with Crippen LogP contribution >= 0.6 is 0 Å². The highest BCUT2D eigenvalue weighted by Crippen LogP contribution is 2.44. The van der Waals surface area contributed by atoms with Crippen molar-refractivity contribution in [3.63, 3.8) is 0 Å². The number of cyclic esters (lactones) is 1. The van der Waals surface area contributed by atoms with Crippen molar-refractivity contribution in [3.05, 3.63) is 61.4 Å². The molecule has 0 fully saturated rings. The Morgan fingerprint density at radius 2 is 2.08 bits per heavy atom. The Hall–Kier alpha value is -4.32. The van der Waals surface area contributed by atoms with Gasteiger partial charge in [0.1, 0.15) is 12.0 Å². The molecule has 0 unspecified atom stereocenters. The van der Waals surface area contributed by atoms with Gasteiger partial charge in [0.05, 0.1) is 39.6 Å². The van der Waals surface area contributed by atoms with Crippen LogP contribution in [0.2, 0.25) is 0 Å². The van der Waals surface area contributed by atoms with E-state index in [0.717, 1.165) is 13.0 Å². The van der Waals surface area contributed by atoms with Gasteiger partial charge in [-0.25, -0.2) is 9.78 Å². The molecular formula is C27H29N5O7. The molecular weight excluding hydrogens is 506 g/mol. The van der Waals surface area contributed by atoms with Crippen molar-refractivity contribution < 1.29 is 24.0 Å². The molecule has 0 bridgehead atoms. The lowest BCUT2D eigenvalue weighted by atomic mass is 9.85. The number of carbonyl (C=O) groups is 2. The van der Waals surface area contributed by atoms with Crippen molar-refractivity contribution in [2.24, 2.45) is 0 Å². The second-order valence-electron chi connectivity index (χ2n) is 9.99. The summed E-state index contributed by atoms with van der Waals surface area (Å²) in [6.07, 6.45) is 0.860. The average molecular weight is 536 g/mol. The molecule has 5 rings (SSSR count). The van der Waals surface area contributed by atoms with E-state index in [9.17, 15) is 24.5 Å². The second kappa shape index (κ2) is 9.77. The first-order valence-electron chi connectivity index (χ1n) is 12.7. The van der Waals surface area contributed by atoms with Gasteiger partial charge in [0.15, 0.2) is 0 Å². The first-order chi connectivity index (χ1) is 18.6. The molecule has 0 amide bonds. The molecule has 1 N–H and O–H groups in total. The van der Waals surface area contributed by atoms with Crippen LogP contribution in [0.4, 0.5) is 11.4 Å². The first kappa shape index (κ1) is 26.3. The summed E-state index contributed by atoms with van der Waals surface area (Å²) >= 11 is 0. The van der Waals surface area contributed by atoms with Gasteiger partial charge in [0.25, 0.3) is 11.2 Å². The van der Waals surface area contributed by atoms with Gasteiger partial charge in [-0.2, -0.15) is 0 Å². The third kappa shape index (κ3) is 4.20. The van der Waals surface area contributed by atoms with Gasteiger partial charge >= 0.3 is 11.9 Å². The summed E-state index contributed by atoms with van der Waals surface area (Å²) in [5, 5.41) is 15.7. The summed E-state index contributed by atoms with van der Waals surface area (Å²) in [5.41, 5.74) is 0.793. The van der Waals surface area contributed by atoms with Crippen LogP contribution in [0.25, 0.3) is 22.3 Å². The number of rotatable bonds is 8. The van der Waals surface area contributed by atoms with Gasteiger partial charge < -0.3 is 24.3 Å². The highest BCUT2D eigenvalue weighted by atomic mass is 16.6. The maximum Gasteiger partial charge on any atom is 0.355 e. The largest absolute Gasteiger partial charge is 0.457 e. The number of nitro groups is 1. The number of esters is 2. The molecule has 0 saturated heterocycles. The standard InChI is InChI=1S/C27H29N5O7/c1-5-27(39-15(2)33)18-12-21-23-16(13-31(21)25(34)17(18)14-38-26(27)35)24(28-10-7-11-30(3)4)22-19(29-23)8-6-9-20(22)32(36)37/h6,8-9,12H,5,7,10-11,13-14H2,1-4H3,(H,28,29)/t27-/m0/s1. The Kier molecular flexibility index (Phi) is 6.59. The SMILES string of the molecule is CC[C@@]1(OC(C)=O)C(=O)OCc2c1cc1n(c2=O)Cc2c-1nc1cccc([N+](=O)[O-])c1c2NCCCN(C)C. The molecule has 2 aliphatic rings. The fraction of sp³-hybridized carbons (Fsp3) is 0.407. The van der Waals surface area contributed by atoms with E-state index < -0.39 is 28.0 Å². The maximum atomic E-state index is 13.8. The van der Waals surface area contributed by atoms with Gasteiger partial charge in [-0.15, -0.1) is 0 Å². The van der Waals surface area contributed by atoms with Crippen LogP contribution in [0.3, 0.4) is 0 Å². The Bertz CT molecular complexity index is 1600. The van der Waals surface area contributed by atoms with Gasteiger partial charge in [0, 0.05) is 30.7 Å². The van der Waals surface area contributed by atoms with Crippen LogP contribution < -0.4 is 10.9 Å². The van der Waals surface area contributed by atoms with Crippen LogP contribution in [0.1, 0.15) is 43.4 Å². The predicted octanol–water partition coefficient (Wildman–Crippen LogP) is 2.92. The molecule has 3 aromatic rings. The lowest BCUT2D eigenvalue weighted by Gasteiger charge is -2.35. The molecule has 2 aliphatic heterocycles. The number of nitro benzene ring substituents is 1. The summed E-state index contributed by atoms with van der Waals surface area (Å²) in [5.74, 6) is -1.41. The smallest absolute Gasteiger partial charge is 0.355 e. The number of fused-ring (bicyclic) bond motifs is 5. The van der Waals surface area contributed by atoms with Gasteiger partial charge in [-0.05, 0) is 45.6 Å². The number of benzene rings is 1. The van der Waals surface area contributed by atoms with Crippen LogP contribution in [0, 0.1) is 10.1 Å². The molecule has 0 saturated carbocycles. The molecule has 39 heavy (non-hydrogen) atoms. The summed E-state index contributed by atoms with van der Waals surface area (Å²) in [6, 6.07) is 6.37. The highest BCUT2D eigenvalue weighted by Gasteiger charge is 2.50. The molecule has 12 nitrogen and oxygen atoms in total. The maximum absolute atomic E-state index is 13.8. The van der Waals surface area contributed by atoms with E-state index in [-0.39, 0.29) is 36.4 Å². The van der Waals surface area contributed by atoms with E-state index in [2.05, 4.69) is 5.32 Å². The van der Waals surface area contributed by atoms with Crippen molar-refractivity contribution >= 4 is 34.2 Å². The molecule has 0 radical (unpaired) electrons. The van der Waals surface area contributed by atoms with E-state index in [4.69, 9.17) is 14.5 Å². The molecule has 204 valence electrons. The molecule has 0 aliphatic carbocycles. The van der Waals surface area contributed by atoms with E-state index in [0.29, 0.717) is 40.1 Å². The number of carbonyl (C=O) groups excluding carboxylic acids is 2. The van der Waals surface area contributed by atoms with Crippen molar-refractivity contribution in [1.82, 2.24) is 14.5 Å². The summed E-state index contributed by atoms with van der Waals surface area (Å²) in [7, 11) is 3.94. The zero-order valence-corrected chi connectivity index (χ0v) is 22.2. The number of ether oxygens (including phenoxy) is 2. The number of nitrogens with one attached hydrogen (secondary N) is 1. The number of hydrogen-bond acceptors (Lipinski definition) is 10. The van der Waals surface area contributed by atoms with Crippen molar-refractivity contribution in [2.75, 3.05) is 32.5 Å². The average Bonchev–Trinajstić information content (AvgIpc) is 3.25. The second-order valence-corrected chi connectivity index (χ2v) is 9.99.